The second kappa shape index (κ2) is 16.1. The van der Waals surface area contributed by atoms with Crippen molar-refractivity contribution in [1.29, 1.82) is 0 Å². The second-order valence-corrected chi connectivity index (χ2v) is 8.09. The third-order valence-electron chi connectivity index (χ3n) is 5.15. The van der Waals surface area contributed by atoms with E-state index >= 15 is 0 Å². The van der Waals surface area contributed by atoms with Crippen molar-refractivity contribution in [1.82, 2.24) is 5.32 Å². The molecular formula is C20H32N2O16. The predicted octanol–water partition coefficient (Wildman–Crippen LogP) is -7.85. The first-order valence-electron chi connectivity index (χ1n) is 10.8. The van der Waals surface area contributed by atoms with Gasteiger partial charge >= 0.3 is 11.9 Å². The average molecular weight is 556 g/mol. The average Bonchev–Trinajstić information content (AvgIpc) is 2.90. The summed E-state index contributed by atoms with van der Waals surface area (Å²) in [7, 11) is 0. The van der Waals surface area contributed by atoms with Gasteiger partial charge in [-0.25, -0.2) is 9.59 Å². The van der Waals surface area contributed by atoms with Gasteiger partial charge in [-0.1, -0.05) is 0 Å². The van der Waals surface area contributed by atoms with Crippen molar-refractivity contribution in [2.75, 3.05) is 0 Å². The third kappa shape index (κ3) is 9.74. The van der Waals surface area contributed by atoms with Crippen LogP contribution < -0.4 is 11.1 Å². The number of carbonyl (C=O) groups excluding carboxylic acids is 6. The van der Waals surface area contributed by atoms with E-state index in [4.69, 9.17) is 15.2 Å². The van der Waals surface area contributed by atoms with Crippen LogP contribution in [0.15, 0.2) is 0 Å². The molecule has 218 valence electrons. The van der Waals surface area contributed by atoms with Crippen molar-refractivity contribution in [3.63, 3.8) is 0 Å². The van der Waals surface area contributed by atoms with Gasteiger partial charge in [0.25, 0.3) is 0 Å². The first kappa shape index (κ1) is 35.1. The van der Waals surface area contributed by atoms with Gasteiger partial charge in [0.05, 0.1) is 6.04 Å². The largest absolute Gasteiger partial charge is 0.459 e. The molecule has 0 aliphatic heterocycles. The van der Waals surface area contributed by atoms with Crippen LogP contribution in [-0.4, -0.2) is 151 Å². The number of aldehydes is 3. The van der Waals surface area contributed by atoms with E-state index in [0.717, 1.165) is 13.8 Å². The number of carbonyl (C=O) groups is 6. The minimum Gasteiger partial charge on any atom is -0.459 e. The highest BCUT2D eigenvalue weighted by Gasteiger charge is 2.42. The first-order chi connectivity index (χ1) is 17.5. The molecule has 0 heterocycles. The molecule has 12 atom stereocenters. The van der Waals surface area contributed by atoms with Crippen LogP contribution in [0.3, 0.4) is 0 Å². The van der Waals surface area contributed by atoms with E-state index < -0.39 is 91.0 Å². The van der Waals surface area contributed by atoms with E-state index in [1.54, 1.807) is 0 Å². The summed E-state index contributed by atoms with van der Waals surface area (Å²) >= 11 is 0. The fraction of sp³-hybridized carbons (Fsp3) is 0.700. The van der Waals surface area contributed by atoms with Crippen molar-refractivity contribution in [3.05, 3.63) is 0 Å². The summed E-state index contributed by atoms with van der Waals surface area (Å²) in [6, 6.07) is -3.52. The van der Waals surface area contributed by atoms with Gasteiger partial charge in [-0.2, -0.15) is 0 Å². The van der Waals surface area contributed by atoms with Gasteiger partial charge in [0.2, 0.25) is 5.91 Å². The number of nitrogens with two attached hydrogens (primary N) is 1. The van der Waals surface area contributed by atoms with Crippen LogP contribution in [-0.2, 0) is 38.2 Å². The van der Waals surface area contributed by atoms with Gasteiger partial charge < -0.3 is 75.8 Å². The van der Waals surface area contributed by atoms with Gasteiger partial charge in [-0.15, -0.1) is 0 Å². The standard InChI is InChI=1S/C20H32N2O16/c1-6(37-19(35)16(33)14(31)12(29)9(27)4-24)11(21)18(8(3-23)22-7(2)26)38-20(36)17(34)15(32)13(30)10(28)5-25/h3-6,8-18,27-34H,21H2,1-2H3,(H,22,26)/t6-,8+,9+,10+,11+,12-,13-,14-,15-,16+,17+,18-/m1/s1. The summed E-state index contributed by atoms with van der Waals surface area (Å²) in [5.41, 5.74) is 5.90. The number of ether oxygens (including phenoxy) is 2. The van der Waals surface area contributed by atoms with E-state index in [1.807, 2.05) is 5.32 Å². The molecule has 0 aromatic heterocycles. The molecule has 0 unspecified atom stereocenters. The van der Waals surface area contributed by atoms with Crippen LogP contribution in [0.4, 0.5) is 0 Å². The first-order valence-corrected chi connectivity index (χ1v) is 10.8. The van der Waals surface area contributed by atoms with E-state index in [1.165, 1.54) is 0 Å². The van der Waals surface area contributed by atoms with E-state index in [0.29, 0.717) is 0 Å². The summed E-state index contributed by atoms with van der Waals surface area (Å²) in [6.45, 7) is 1.99. The maximum absolute atomic E-state index is 12.4. The maximum atomic E-state index is 12.4. The van der Waals surface area contributed by atoms with E-state index in [-0.39, 0.29) is 18.9 Å². The van der Waals surface area contributed by atoms with Crippen LogP contribution in [0.5, 0.6) is 0 Å². The molecule has 0 aromatic carbocycles. The number of amides is 1. The van der Waals surface area contributed by atoms with Gasteiger partial charge in [0.15, 0.2) is 24.8 Å². The van der Waals surface area contributed by atoms with Crippen LogP contribution in [0.1, 0.15) is 13.8 Å². The number of aliphatic hydroxyl groups excluding tert-OH is 8. The highest BCUT2D eigenvalue weighted by Crippen LogP contribution is 2.15. The lowest BCUT2D eigenvalue weighted by Gasteiger charge is -2.33. The number of rotatable bonds is 17. The molecule has 0 aliphatic carbocycles. The number of esters is 2. The lowest BCUT2D eigenvalue weighted by atomic mass is 9.99. The van der Waals surface area contributed by atoms with Gasteiger partial charge in [-0.3, -0.25) is 4.79 Å². The lowest BCUT2D eigenvalue weighted by molar-refractivity contribution is -0.182. The van der Waals surface area contributed by atoms with Crippen molar-refractivity contribution in [2.24, 2.45) is 5.73 Å². The smallest absolute Gasteiger partial charge is 0.338 e. The Balaban J connectivity index is 5.80. The number of nitrogens with one attached hydrogen (secondary N) is 1. The van der Waals surface area contributed by atoms with Gasteiger partial charge in [-0.05, 0) is 6.92 Å². The van der Waals surface area contributed by atoms with E-state index in [2.05, 4.69) is 0 Å². The molecule has 0 aliphatic rings. The van der Waals surface area contributed by atoms with Crippen molar-refractivity contribution < 1.29 is 79.1 Å². The molecule has 0 fully saturated rings. The summed E-state index contributed by atoms with van der Waals surface area (Å²) in [4.78, 5) is 68.6. The van der Waals surface area contributed by atoms with Gasteiger partial charge in [0.1, 0.15) is 61.2 Å². The van der Waals surface area contributed by atoms with Crippen LogP contribution >= 0.6 is 0 Å². The molecule has 0 aromatic rings. The Morgan fingerprint density at radius 3 is 1.45 bits per heavy atom. The number of hydrogen-bond donors (Lipinski definition) is 10. The molecule has 18 nitrogen and oxygen atoms in total. The molecule has 0 rings (SSSR count). The minimum absolute atomic E-state index is 0.0390. The molecule has 0 spiro atoms. The molecule has 18 heteroatoms. The Hall–Kier alpha value is -2.94. The topological polar surface area (TPSA) is 321 Å². The molecule has 1 amide bonds. The van der Waals surface area contributed by atoms with Crippen molar-refractivity contribution in [3.8, 4) is 0 Å². The molecule has 11 N–H and O–H groups in total. The summed E-state index contributed by atoms with van der Waals surface area (Å²) in [5, 5.41) is 79.1. The third-order valence-corrected chi connectivity index (χ3v) is 5.15. The fourth-order valence-electron chi connectivity index (χ4n) is 2.84. The molecule has 0 saturated heterocycles. The number of aliphatic hydroxyl groups is 8. The molecule has 0 saturated carbocycles. The van der Waals surface area contributed by atoms with Gasteiger partial charge in [0, 0.05) is 6.92 Å². The Labute approximate surface area is 214 Å². The SMILES string of the molecule is CC(=O)N[C@@H](C=O)[C@@H](OC(=O)[C@@H](O)[C@H](O)[C@H](O)[C@@H](O)C=O)[C@@H](N)[C@@H](C)OC(=O)[C@@H](O)[C@H](O)[C@H](O)[C@@H](O)C=O. The summed E-state index contributed by atoms with van der Waals surface area (Å²) < 4.78 is 9.71. The zero-order chi connectivity index (χ0) is 29.9. The minimum atomic E-state index is -2.63. The van der Waals surface area contributed by atoms with Crippen molar-refractivity contribution in [2.45, 2.75) is 87.0 Å². The molecule has 38 heavy (non-hydrogen) atoms. The highest BCUT2D eigenvalue weighted by molar-refractivity contribution is 5.79. The lowest BCUT2D eigenvalue weighted by Crippen LogP contribution is -2.60. The fourth-order valence-corrected chi connectivity index (χ4v) is 2.84. The predicted molar refractivity (Wildman–Crippen MR) is 117 cm³/mol. The quantitative estimate of drug-likeness (QED) is 0.0587. The highest BCUT2D eigenvalue weighted by atomic mass is 16.6. The normalized spacial score (nSPS) is 20.9. The molecule has 0 radical (unpaired) electrons. The van der Waals surface area contributed by atoms with Crippen LogP contribution in [0.25, 0.3) is 0 Å². The summed E-state index contributed by atoms with van der Waals surface area (Å²) in [6.07, 6.45) is -23.0. The van der Waals surface area contributed by atoms with E-state index in [9.17, 15) is 69.6 Å². The Bertz CT molecular complexity index is 827. The second-order valence-electron chi connectivity index (χ2n) is 8.09. The Morgan fingerprint density at radius 1 is 0.711 bits per heavy atom. The van der Waals surface area contributed by atoms with Crippen LogP contribution in [0, 0.1) is 0 Å². The monoisotopic (exact) mass is 556 g/mol. The number of hydrogen-bond acceptors (Lipinski definition) is 17. The zero-order valence-corrected chi connectivity index (χ0v) is 20.1. The molecule has 0 bridgehead atoms. The summed E-state index contributed by atoms with van der Waals surface area (Å²) in [5.74, 6) is -4.27. The van der Waals surface area contributed by atoms with Crippen LogP contribution in [0.2, 0.25) is 0 Å². The van der Waals surface area contributed by atoms with Crippen molar-refractivity contribution >= 4 is 36.7 Å². The zero-order valence-electron chi connectivity index (χ0n) is 20.1. The Kier molecular flexibility index (Phi) is 14.9. The molecular weight excluding hydrogens is 524 g/mol. The maximum Gasteiger partial charge on any atom is 0.338 e. The Morgan fingerprint density at radius 2 is 1.11 bits per heavy atom.